The Hall–Kier alpha value is -1.88. The van der Waals surface area contributed by atoms with Crippen LogP contribution in [0.5, 0.6) is 0 Å². The number of rotatable bonds is 1. The fourth-order valence-corrected chi connectivity index (χ4v) is 2.28. The van der Waals surface area contributed by atoms with Gasteiger partial charge in [-0.2, -0.15) is 5.10 Å². The number of nitrogens with zero attached hydrogens (tertiary/aromatic N) is 3. The monoisotopic (exact) mass is 302 g/mol. The average molecular weight is 303 g/mol. The van der Waals surface area contributed by atoms with Gasteiger partial charge in [-0.25, -0.2) is 9.67 Å². The number of aromatic nitrogens is 3. The smallest absolute Gasteiger partial charge is 0.168 e. The maximum Gasteiger partial charge on any atom is 0.168 e. The molecule has 90 valence electrons. The van der Waals surface area contributed by atoms with E-state index in [-0.39, 0.29) is 0 Å². The van der Waals surface area contributed by atoms with Gasteiger partial charge < -0.3 is 5.73 Å². The summed E-state index contributed by atoms with van der Waals surface area (Å²) in [5.41, 5.74) is 8.61. The van der Waals surface area contributed by atoms with Gasteiger partial charge in [0.05, 0.1) is 16.2 Å². The lowest BCUT2D eigenvalue weighted by Gasteiger charge is -2.07. The van der Waals surface area contributed by atoms with Gasteiger partial charge in [0.2, 0.25) is 0 Å². The van der Waals surface area contributed by atoms with E-state index in [1.54, 1.807) is 10.9 Å². The summed E-state index contributed by atoms with van der Waals surface area (Å²) in [5.74, 6) is 0.774. The molecule has 0 aliphatic carbocycles. The first kappa shape index (κ1) is 11.2. The predicted octanol–water partition coefficient (Wildman–Crippen LogP) is 3.07. The minimum absolute atomic E-state index is 0.716. The Balaban J connectivity index is 2.32. The van der Waals surface area contributed by atoms with Crippen LogP contribution in [0.1, 0.15) is 5.56 Å². The lowest BCUT2D eigenvalue weighted by atomic mass is 10.2. The fraction of sp³-hybridized carbons (Fsp3) is 0.0769. The van der Waals surface area contributed by atoms with Crippen LogP contribution in [0.25, 0.3) is 16.7 Å². The number of pyridine rings is 1. The number of nitrogens with two attached hydrogens (primary N) is 1. The normalized spacial score (nSPS) is 11.0. The molecule has 0 aliphatic rings. The van der Waals surface area contributed by atoms with Crippen molar-refractivity contribution in [1.29, 1.82) is 0 Å². The molecule has 0 radical (unpaired) electrons. The molecule has 0 bridgehead atoms. The minimum atomic E-state index is 0.716. The van der Waals surface area contributed by atoms with E-state index >= 15 is 0 Å². The van der Waals surface area contributed by atoms with Gasteiger partial charge in [0.15, 0.2) is 5.82 Å². The van der Waals surface area contributed by atoms with Gasteiger partial charge in [-0.15, -0.1) is 0 Å². The molecule has 0 amide bonds. The molecule has 1 aromatic carbocycles. The number of hydrogen-bond acceptors (Lipinski definition) is 3. The number of hydrogen-bond donors (Lipinski definition) is 1. The van der Waals surface area contributed by atoms with Crippen molar-refractivity contribution in [2.24, 2.45) is 0 Å². The lowest BCUT2D eigenvalue weighted by molar-refractivity contribution is 0.866. The number of anilines is 1. The molecule has 3 aromatic rings. The van der Waals surface area contributed by atoms with Crippen molar-refractivity contribution >= 4 is 32.5 Å². The molecule has 0 aliphatic heterocycles. The molecule has 0 spiro atoms. The van der Waals surface area contributed by atoms with Gasteiger partial charge in [-0.1, -0.05) is 0 Å². The van der Waals surface area contributed by atoms with Gasteiger partial charge in [0.25, 0.3) is 0 Å². The van der Waals surface area contributed by atoms with Crippen molar-refractivity contribution in [2.45, 2.75) is 6.92 Å². The summed E-state index contributed by atoms with van der Waals surface area (Å²) in [6.07, 6.45) is 3.58. The van der Waals surface area contributed by atoms with Crippen molar-refractivity contribution in [3.8, 4) is 5.82 Å². The zero-order chi connectivity index (χ0) is 12.7. The van der Waals surface area contributed by atoms with Crippen LogP contribution < -0.4 is 5.73 Å². The number of fused-ring (bicyclic) bond motifs is 1. The molecule has 4 nitrogen and oxygen atoms in total. The van der Waals surface area contributed by atoms with Crippen LogP contribution in [-0.4, -0.2) is 14.8 Å². The third-order valence-electron chi connectivity index (χ3n) is 2.86. The largest absolute Gasteiger partial charge is 0.399 e. The fourth-order valence-electron chi connectivity index (χ4n) is 1.88. The topological polar surface area (TPSA) is 56.7 Å². The standard InChI is InChI=1S/C13H11BrN4/c1-8-4-5-16-13(12(8)14)18-11-6-10(15)3-2-9(11)7-17-18/h2-7H,15H2,1H3. The average Bonchev–Trinajstić information content (AvgIpc) is 2.75. The van der Waals surface area contributed by atoms with E-state index in [1.165, 1.54) is 0 Å². The molecule has 0 unspecified atom stereocenters. The lowest BCUT2D eigenvalue weighted by Crippen LogP contribution is -2.01. The summed E-state index contributed by atoms with van der Waals surface area (Å²) >= 11 is 3.55. The molecule has 0 saturated heterocycles. The molecule has 3 rings (SSSR count). The van der Waals surface area contributed by atoms with E-state index in [4.69, 9.17) is 5.73 Å². The van der Waals surface area contributed by atoms with Crippen LogP contribution in [0.2, 0.25) is 0 Å². The third kappa shape index (κ3) is 1.67. The van der Waals surface area contributed by atoms with Crippen LogP contribution in [-0.2, 0) is 0 Å². The number of benzene rings is 1. The molecule has 2 heterocycles. The van der Waals surface area contributed by atoms with Gasteiger partial charge in [-0.05, 0) is 52.7 Å². The van der Waals surface area contributed by atoms with Crippen molar-refractivity contribution in [2.75, 3.05) is 5.73 Å². The first-order valence-electron chi connectivity index (χ1n) is 5.51. The zero-order valence-corrected chi connectivity index (χ0v) is 11.3. The Morgan fingerprint density at radius 3 is 2.94 bits per heavy atom. The predicted molar refractivity (Wildman–Crippen MR) is 75.7 cm³/mol. The molecule has 0 saturated carbocycles. The number of aryl methyl sites for hydroxylation is 1. The second-order valence-electron chi connectivity index (χ2n) is 4.14. The van der Waals surface area contributed by atoms with Crippen molar-refractivity contribution in [3.05, 3.63) is 46.7 Å². The highest BCUT2D eigenvalue weighted by Crippen LogP contribution is 2.26. The maximum absolute atomic E-state index is 5.82. The second-order valence-corrected chi connectivity index (χ2v) is 4.93. The van der Waals surface area contributed by atoms with E-state index in [0.717, 1.165) is 26.8 Å². The molecule has 18 heavy (non-hydrogen) atoms. The summed E-state index contributed by atoms with van der Waals surface area (Å²) in [7, 11) is 0. The molecule has 0 fully saturated rings. The molecule has 2 N–H and O–H groups in total. The highest BCUT2D eigenvalue weighted by Gasteiger charge is 2.10. The Labute approximate surface area is 113 Å². The third-order valence-corrected chi connectivity index (χ3v) is 3.84. The molecule has 2 aromatic heterocycles. The van der Waals surface area contributed by atoms with E-state index in [9.17, 15) is 0 Å². The highest BCUT2D eigenvalue weighted by molar-refractivity contribution is 9.10. The summed E-state index contributed by atoms with van der Waals surface area (Å²) in [6.45, 7) is 2.02. The van der Waals surface area contributed by atoms with E-state index in [0.29, 0.717) is 5.69 Å². The highest BCUT2D eigenvalue weighted by atomic mass is 79.9. The second kappa shape index (κ2) is 4.10. The van der Waals surface area contributed by atoms with Gasteiger partial charge >= 0.3 is 0 Å². The maximum atomic E-state index is 5.82. The van der Waals surface area contributed by atoms with Gasteiger partial charge in [0, 0.05) is 17.3 Å². The number of nitrogen functional groups attached to an aromatic ring is 1. The van der Waals surface area contributed by atoms with Crippen LogP contribution in [0.4, 0.5) is 5.69 Å². The summed E-state index contributed by atoms with van der Waals surface area (Å²) < 4.78 is 2.74. The SMILES string of the molecule is Cc1ccnc(-n2ncc3ccc(N)cc32)c1Br. The number of halogens is 1. The first-order chi connectivity index (χ1) is 8.66. The van der Waals surface area contributed by atoms with Crippen LogP contribution >= 0.6 is 15.9 Å². The van der Waals surface area contributed by atoms with Crippen molar-refractivity contribution in [3.63, 3.8) is 0 Å². The first-order valence-corrected chi connectivity index (χ1v) is 6.31. The minimum Gasteiger partial charge on any atom is -0.399 e. The summed E-state index contributed by atoms with van der Waals surface area (Å²) in [4.78, 5) is 4.37. The summed E-state index contributed by atoms with van der Waals surface area (Å²) in [5, 5.41) is 5.42. The van der Waals surface area contributed by atoms with Crippen molar-refractivity contribution < 1.29 is 0 Å². The van der Waals surface area contributed by atoms with E-state index in [2.05, 4.69) is 26.0 Å². The Morgan fingerprint density at radius 2 is 2.11 bits per heavy atom. The van der Waals surface area contributed by atoms with Gasteiger partial charge in [0.1, 0.15) is 0 Å². The van der Waals surface area contributed by atoms with Crippen molar-refractivity contribution in [1.82, 2.24) is 14.8 Å². The molecule has 0 atom stereocenters. The van der Waals surface area contributed by atoms with Crippen LogP contribution in [0.3, 0.4) is 0 Å². The van der Waals surface area contributed by atoms with E-state index < -0.39 is 0 Å². The Bertz CT molecular complexity index is 733. The Kier molecular flexibility index (Phi) is 2.56. The van der Waals surface area contributed by atoms with Crippen LogP contribution in [0.15, 0.2) is 41.1 Å². The quantitative estimate of drug-likeness (QED) is 0.703. The Morgan fingerprint density at radius 1 is 1.28 bits per heavy atom. The van der Waals surface area contributed by atoms with Crippen LogP contribution in [0, 0.1) is 6.92 Å². The van der Waals surface area contributed by atoms with E-state index in [1.807, 2.05) is 37.4 Å². The van der Waals surface area contributed by atoms with Gasteiger partial charge in [-0.3, -0.25) is 0 Å². The molecular formula is C13H11BrN4. The molecule has 5 heteroatoms. The zero-order valence-electron chi connectivity index (χ0n) is 9.76. The molecular weight excluding hydrogens is 292 g/mol. The summed E-state index contributed by atoms with van der Waals surface area (Å²) in [6, 6.07) is 7.68.